The molecular weight excluding hydrogens is 264 g/mol. The summed E-state index contributed by atoms with van der Waals surface area (Å²) in [5.74, 6) is -0.580. The van der Waals surface area contributed by atoms with Crippen LogP contribution in [0.4, 0.5) is 0 Å². The second-order valence-electron chi connectivity index (χ2n) is 5.38. The van der Waals surface area contributed by atoms with E-state index >= 15 is 0 Å². The van der Waals surface area contributed by atoms with Gasteiger partial charge in [0.1, 0.15) is 0 Å². The first-order chi connectivity index (χ1) is 8.87. The van der Waals surface area contributed by atoms with Crippen LogP contribution in [0.3, 0.4) is 0 Å². The quantitative estimate of drug-likeness (QED) is 0.921. The molecule has 0 aliphatic carbocycles. The van der Waals surface area contributed by atoms with Crippen molar-refractivity contribution in [1.82, 2.24) is 0 Å². The monoisotopic (exact) mass is 282 g/mol. The second-order valence-corrected chi connectivity index (χ2v) is 6.88. The zero-order valence-corrected chi connectivity index (χ0v) is 11.9. The summed E-state index contributed by atoms with van der Waals surface area (Å²) in [6.45, 7) is 4.06. The Kier molecular flexibility index (Phi) is 4.06. The summed E-state index contributed by atoms with van der Waals surface area (Å²) in [4.78, 5) is 11.4. The number of benzene rings is 1. The van der Waals surface area contributed by atoms with E-state index in [0.717, 1.165) is 12.8 Å². The lowest BCUT2D eigenvalue weighted by Gasteiger charge is -2.19. The lowest BCUT2D eigenvalue weighted by atomic mass is 10.1. The van der Waals surface area contributed by atoms with E-state index < -0.39 is 16.8 Å². The van der Waals surface area contributed by atoms with Crippen LogP contribution in [0, 0.1) is 0 Å². The normalized spacial score (nSPS) is 23.2. The molecule has 1 aliphatic heterocycles. The highest BCUT2D eigenvalue weighted by atomic mass is 32.2. The van der Waals surface area contributed by atoms with Crippen molar-refractivity contribution < 1.29 is 18.8 Å². The molecule has 1 N–H and O–H groups in total. The fraction of sp³-hybridized carbons (Fsp3) is 0.500. The molecule has 0 radical (unpaired) electrons. The van der Waals surface area contributed by atoms with Crippen LogP contribution in [0.5, 0.6) is 0 Å². The molecule has 0 spiro atoms. The first kappa shape index (κ1) is 14.2. The van der Waals surface area contributed by atoms with Gasteiger partial charge in [-0.3, -0.25) is 4.21 Å². The molecular formula is C14H18O4S. The molecule has 2 atom stereocenters. The smallest absolute Gasteiger partial charge is 0.335 e. The van der Waals surface area contributed by atoms with Crippen molar-refractivity contribution in [3.05, 3.63) is 29.8 Å². The van der Waals surface area contributed by atoms with Crippen LogP contribution >= 0.6 is 0 Å². The Morgan fingerprint density at radius 2 is 2.26 bits per heavy atom. The van der Waals surface area contributed by atoms with Crippen LogP contribution in [-0.2, 0) is 15.5 Å². The largest absolute Gasteiger partial charge is 0.478 e. The molecule has 0 aromatic heterocycles. The van der Waals surface area contributed by atoms with Crippen molar-refractivity contribution in [2.75, 3.05) is 5.75 Å². The summed E-state index contributed by atoms with van der Waals surface area (Å²) in [5, 5.41) is 8.92. The van der Waals surface area contributed by atoms with E-state index in [-0.39, 0.29) is 17.3 Å². The van der Waals surface area contributed by atoms with E-state index in [2.05, 4.69) is 0 Å². The maximum Gasteiger partial charge on any atom is 0.335 e. The summed E-state index contributed by atoms with van der Waals surface area (Å²) in [5.41, 5.74) is 0.0242. The maximum atomic E-state index is 12.2. The Morgan fingerprint density at radius 3 is 2.84 bits per heavy atom. The van der Waals surface area contributed by atoms with Gasteiger partial charge in [0.15, 0.2) is 0 Å². The number of carboxylic acids is 1. The van der Waals surface area contributed by atoms with Gasteiger partial charge in [-0.05, 0) is 44.9 Å². The van der Waals surface area contributed by atoms with Crippen molar-refractivity contribution in [2.45, 2.75) is 43.3 Å². The van der Waals surface area contributed by atoms with Gasteiger partial charge in [-0.2, -0.15) is 0 Å². The van der Waals surface area contributed by atoms with Gasteiger partial charge < -0.3 is 9.84 Å². The van der Waals surface area contributed by atoms with Gasteiger partial charge >= 0.3 is 5.97 Å². The first-order valence-corrected chi connectivity index (χ1v) is 7.59. The Balaban J connectivity index is 2.04. The molecule has 4 nitrogen and oxygen atoms in total. The van der Waals surface area contributed by atoms with Gasteiger partial charge in [-0.1, -0.05) is 6.07 Å². The molecule has 1 saturated heterocycles. The number of ether oxygens (including phenoxy) is 1. The molecule has 1 heterocycles. The minimum Gasteiger partial charge on any atom is -0.478 e. The SMILES string of the molecule is CC1(C)CCC(CS(=O)c2cccc(C(=O)O)c2)O1. The molecule has 0 bridgehead atoms. The van der Waals surface area contributed by atoms with Crippen molar-refractivity contribution in [2.24, 2.45) is 0 Å². The summed E-state index contributed by atoms with van der Waals surface area (Å²) in [6, 6.07) is 6.29. The number of hydrogen-bond donors (Lipinski definition) is 1. The molecule has 1 aliphatic rings. The van der Waals surface area contributed by atoms with Gasteiger partial charge in [-0.15, -0.1) is 0 Å². The molecule has 2 unspecified atom stereocenters. The average molecular weight is 282 g/mol. The van der Waals surface area contributed by atoms with Gasteiger partial charge in [0, 0.05) is 4.90 Å². The third-order valence-electron chi connectivity index (χ3n) is 3.24. The summed E-state index contributed by atoms with van der Waals surface area (Å²) < 4.78 is 18.0. The minimum absolute atomic E-state index is 0.00989. The highest BCUT2D eigenvalue weighted by Gasteiger charge is 2.32. The number of aromatic carboxylic acids is 1. The van der Waals surface area contributed by atoms with Crippen LogP contribution < -0.4 is 0 Å². The van der Waals surface area contributed by atoms with Crippen molar-refractivity contribution >= 4 is 16.8 Å². The number of hydrogen-bond acceptors (Lipinski definition) is 3. The number of carbonyl (C=O) groups is 1. The van der Waals surface area contributed by atoms with Crippen LogP contribution in [0.2, 0.25) is 0 Å². The first-order valence-electron chi connectivity index (χ1n) is 6.27. The zero-order chi connectivity index (χ0) is 14.0. The molecule has 104 valence electrons. The average Bonchev–Trinajstić information content (AvgIpc) is 2.68. The fourth-order valence-electron chi connectivity index (χ4n) is 2.23. The van der Waals surface area contributed by atoms with E-state index in [1.54, 1.807) is 12.1 Å². The predicted octanol–water partition coefficient (Wildman–Crippen LogP) is 2.45. The van der Waals surface area contributed by atoms with Crippen LogP contribution in [0.1, 0.15) is 37.0 Å². The van der Waals surface area contributed by atoms with E-state index in [0.29, 0.717) is 10.6 Å². The van der Waals surface area contributed by atoms with Gasteiger partial charge in [0.05, 0.1) is 33.8 Å². The second kappa shape index (κ2) is 5.43. The molecule has 1 aromatic carbocycles. The molecule has 5 heteroatoms. The topological polar surface area (TPSA) is 63.6 Å². The third kappa shape index (κ3) is 3.64. The summed E-state index contributed by atoms with van der Waals surface area (Å²) in [7, 11) is -1.22. The van der Waals surface area contributed by atoms with Crippen molar-refractivity contribution in [1.29, 1.82) is 0 Å². The summed E-state index contributed by atoms with van der Waals surface area (Å²) >= 11 is 0. The third-order valence-corrected chi connectivity index (χ3v) is 4.69. The Morgan fingerprint density at radius 1 is 1.53 bits per heavy atom. The van der Waals surface area contributed by atoms with Gasteiger partial charge in [-0.25, -0.2) is 4.79 Å². The molecule has 0 amide bonds. The summed E-state index contributed by atoms with van der Waals surface area (Å²) in [6.07, 6.45) is 1.85. The Labute approximate surface area is 115 Å². The minimum atomic E-state index is -1.22. The van der Waals surface area contributed by atoms with E-state index in [9.17, 15) is 9.00 Å². The fourth-order valence-corrected chi connectivity index (χ4v) is 3.48. The van der Waals surface area contributed by atoms with E-state index in [4.69, 9.17) is 9.84 Å². The van der Waals surface area contributed by atoms with Crippen LogP contribution in [-0.4, -0.2) is 32.7 Å². The lowest BCUT2D eigenvalue weighted by Crippen LogP contribution is -2.23. The van der Waals surface area contributed by atoms with Crippen LogP contribution in [0.25, 0.3) is 0 Å². The van der Waals surface area contributed by atoms with Crippen LogP contribution in [0.15, 0.2) is 29.2 Å². The standard InChI is InChI=1S/C14H18O4S/c1-14(2)7-6-11(18-14)9-19(17)12-5-3-4-10(8-12)13(15)16/h3-5,8,11H,6-7,9H2,1-2H3,(H,15,16). The Bertz CT molecular complexity index is 510. The molecule has 1 aromatic rings. The van der Waals surface area contributed by atoms with Gasteiger partial charge in [0.25, 0.3) is 0 Å². The molecule has 19 heavy (non-hydrogen) atoms. The van der Waals surface area contributed by atoms with Gasteiger partial charge in [0.2, 0.25) is 0 Å². The molecule has 1 fully saturated rings. The predicted molar refractivity (Wildman–Crippen MR) is 72.9 cm³/mol. The number of rotatable bonds is 4. The van der Waals surface area contributed by atoms with Crippen molar-refractivity contribution in [3.63, 3.8) is 0 Å². The molecule has 2 rings (SSSR count). The molecule has 0 saturated carbocycles. The highest BCUT2D eigenvalue weighted by molar-refractivity contribution is 7.85. The lowest BCUT2D eigenvalue weighted by molar-refractivity contribution is -0.00498. The Hall–Kier alpha value is -1.20. The van der Waals surface area contributed by atoms with E-state index in [1.807, 2.05) is 13.8 Å². The highest BCUT2D eigenvalue weighted by Crippen LogP contribution is 2.30. The zero-order valence-electron chi connectivity index (χ0n) is 11.1. The van der Waals surface area contributed by atoms with E-state index in [1.165, 1.54) is 12.1 Å². The maximum absolute atomic E-state index is 12.2. The number of carboxylic acid groups (broad SMARTS) is 1. The van der Waals surface area contributed by atoms with Crippen molar-refractivity contribution in [3.8, 4) is 0 Å².